The van der Waals surface area contributed by atoms with Crippen molar-refractivity contribution < 1.29 is 5.11 Å². The topological polar surface area (TPSA) is 32.3 Å². The van der Waals surface area contributed by atoms with Crippen molar-refractivity contribution in [3.8, 4) is 5.75 Å². The summed E-state index contributed by atoms with van der Waals surface area (Å²) >= 11 is 0. The highest BCUT2D eigenvalue weighted by Gasteiger charge is 1.99. The normalized spacial score (nSPS) is 10.5. The van der Waals surface area contributed by atoms with Crippen LogP contribution in [0.5, 0.6) is 5.75 Å². The van der Waals surface area contributed by atoms with Gasteiger partial charge >= 0.3 is 0 Å². The molecule has 2 rings (SSSR count). The van der Waals surface area contributed by atoms with Crippen LogP contribution in [0.3, 0.4) is 0 Å². The van der Waals surface area contributed by atoms with Crippen molar-refractivity contribution in [2.45, 2.75) is 19.8 Å². The maximum atomic E-state index is 9.37. The monoisotopic (exact) mass is 227 g/mol. The minimum absolute atomic E-state index is 0.272. The first-order valence-corrected chi connectivity index (χ1v) is 5.81. The molecule has 0 unspecified atom stereocenters. The highest BCUT2D eigenvalue weighted by atomic mass is 16.3. The molecule has 0 amide bonds. The van der Waals surface area contributed by atoms with Crippen molar-refractivity contribution in [1.29, 1.82) is 0 Å². The molecule has 0 aliphatic heterocycles. The van der Waals surface area contributed by atoms with Gasteiger partial charge in [-0.15, -0.1) is 0 Å². The number of hydrogen-bond acceptors (Lipinski definition) is 2. The third-order valence-corrected chi connectivity index (χ3v) is 2.71. The van der Waals surface area contributed by atoms with Crippen LogP contribution in [0.15, 0.2) is 48.5 Å². The Kier molecular flexibility index (Phi) is 3.33. The molecule has 0 aliphatic carbocycles. The molecule has 0 fully saturated rings. The Morgan fingerprint density at radius 1 is 0.941 bits per heavy atom. The third-order valence-electron chi connectivity index (χ3n) is 2.71. The summed E-state index contributed by atoms with van der Waals surface area (Å²) in [6.45, 7) is 4.36. The summed E-state index contributed by atoms with van der Waals surface area (Å²) in [5.41, 5.74) is 3.24. The van der Waals surface area contributed by atoms with Crippen LogP contribution in [0.25, 0.3) is 0 Å². The maximum absolute atomic E-state index is 9.37. The number of benzene rings is 2. The molecule has 0 spiro atoms. The molecule has 17 heavy (non-hydrogen) atoms. The lowest BCUT2D eigenvalue weighted by Crippen LogP contribution is -1.91. The molecule has 0 bridgehead atoms. The predicted octanol–water partition coefficient (Wildman–Crippen LogP) is 4.26. The summed E-state index contributed by atoms with van der Waals surface area (Å²) in [6.07, 6.45) is 0. The summed E-state index contributed by atoms with van der Waals surface area (Å²) in [7, 11) is 0. The van der Waals surface area contributed by atoms with E-state index < -0.39 is 0 Å². The van der Waals surface area contributed by atoms with Crippen LogP contribution in [0.4, 0.5) is 11.4 Å². The van der Waals surface area contributed by atoms with Crippen molar-refractivity contribution in [3.63, 3.8) is 0 Å². The second-order valence-electron chi connectivity index (χ2n) is 4.45. The lowest BCUT2D eigenvalue weighted by Gasteiger charge is -2.09. The quantitative estimate of drug-likeness (QED) is 0.821. The molecule has 2 aromatic carbocycles. The fraction of sp³-hybridized carbons (Fsp3) is 0.200. The Balaban J connectivity index is 2.14. The molecule has 0 heterocycles. The van der Waals surface area contributed by atoms with Gasteiger partial charge in [-0.1, -0.05) is 32.0 Å². The first-order chi connectivity index (χ1) is 8.15. The summed E-state index contributed by atoms with van der Waals surface area (Å²) in [6, 6.07) is 15.5. The minimum Gasteiger partial charge on any atom is -0.508 e. The molecule has 0 aliphatic rings. The number of aromatic hydroxyl groups is 1. The van der Waals surface area contributed by atoms with Gasteiger partial charge in [0.15, 0.2) is 0 Å². The van der Waals surface area contributed by atoms with E-state index in [1.807, 2.05) is 12.1 Å². The lowest BCUT2D eigenvalue weighted by atomic mass is 10.0. The van der Waals surface area contributed by atoms with Gasteiger partial charge in [0.1, 0.15) is 5.75 Å². The molecule has 2 heteroatoms. The number of phenols is 1. The van der Waals surface area contributed by atoms with E-state index in [0.717, 1.165) is 11.4 Å². The fourth-order valence-electron chi connectivity index (χ4n) is 1.70. The van der Waals surface area contributed by atoms with Gasteiger partial charge in [-0.3, -0.25) is 0 Å². The van der Waals surface area contributed by atoms with E-state index in [-0.39, 0.29) is 5.75 Å². The Hall–Kier alpha value is -1.96. The Morgan fingerprint density at radius 2 is 1.65 bits per heavy atom. The van der Waals surface area contributed by atoms with E-state index >= 15 is 0 Å². The molecule has 0 atom stereocenters. The van der Waals surface area contributed by atoms with Crippen LogP contribution in [0.1, 0.15) is 25.3 Å². The number of rotatable bonds is 3. The summed E-state index contributed by atoms with van der Waals surface area (Å²) < 4.78 is 0. The standard InChI is InChI=1S/C15H17NO/c1-11(2)12-6-8-13(9-7-12)16-14-4-3-5-15(17)10-14/h3-11,16-17H,1-2H3. The van der Waals surface area contributed by atoms with Gasteiger partial charge in [0.25, 0.3) is 0 Å². The Morgan fingerprint density at radius 3 is 2.24 bits per heavy atom. The van der Waals surface area contributed by atoms with Crippen molar-refractivity contribution in [1.82, 2.24) is 0 Å². The molecule has 0 saturated heterocycles. The average Bonchev–Trinajstić information content (AvgIpc) is 2.29. The largest absolute Gasteiger partial charge is 0.508 e. The SMILES string of the molecule is CC(C)c1ccc(Nc2cccc(O)c2)cc1. The highest BCUT2D eigenvalue weighted by Crippen LogP contribution is 2.22. The predicted molar refractivity (Wildman–Crippen MR) is 71.9 cm³/mol. The van der Waals surface area contributed by atoms with Crippen LogP contribution in [0, 0.1) is 0 Å². The smallest absolute Gasteiger partial charge is 0.117 e. The van der Waals surface area contributed by atoms with E-state index in [9.17, 15) is 5.11 Å². The van der Waals surface area contributed by atoms with Crippen molar-refractivity contribution >= 4 is 11.4 Å². The molecule has 2 nitrogen and oxygen atoms in total. The van der Waals surface area contributed by atoms with Crippen LogP contribution in [-0.4, -0.2) is 5.11 Å². The van der Waals surface area contributed by atoms with Crippen molar-refractivity contribution in [3.05, 3.63) is 54.1 Å². The van der Waals surface area contributed by atoms with Crippen molar-refractivity contribution in [2.75, 3.05) is 5.32 Å². The van der Waals surface area contributed by atoms with Gasteiger partial charge in [-0.25, -0.2) is 0 Å². The molecule has 0 aromatic heterocycles. The van der Waals surface area contributed by atoms with Gasteiger partial charge in [0.2, 0.25) is 0 Å². The third kappa shape index (κ3) is 3.00. The number of phenolic OH excluding ortho intramolecular Hbond substituents is 1. The van der Waals surface area contributed by atoms with E-state index in [2.05, 4.69) is 43.4 Å². The molecule has 2 N–H and O–H groups in total. The first kappa shape index (κ1) is 11.5. The average molecular weight is 227 g/mol. The van der Waals surface area contributed by atoms with Gasteiger partial charge in [-0.2, -0.15) is 0 Å². The zero-order valence-corrected chi connectivity index (χ0v) is 10.1. The van der Waals surface area contributed by atoms with Crippen LogP contribution in [0.2, 0.25) is 0 Å². The number of anilines is 2. The molecule has 0 radical (unpaired) electrons. The second kappa shape index (κ2) is 4.91. The zero-order chi connectivity index (χ0) is 12.3. The summed E-state index contributed by atoms with van der Waals surface area (Å²) in [5.74, 6) is 0.818. The van der Waals surface area contributed by atoms with E-state index in [4.69, 9.17) is 0 Å². The second-order valence-corrected chi connectivity index (χ2v) is 4.45. The van der Waals surface area contributed by atoms with E-state index in [1.54, 1.807) is 12.1 Å². The van der Waals surface area contributed by atoms with Gasteiger partial charge in [0.05, 0.1) is 0 Å². The first-order valence-electron chi connectivity index (χ1n) is 5.81. The number of hydrogen-bond donors (Lipinski definition) is 2. The number of nitrogens with one attached hydrogen (secondary N) is 1. The zero-order valence-electron chi connectivity index (χ0n) is 10.1. The maximum Gasteiger partial charge on any atom is 0.117 e. The highest BCUT2D eigenvalue weighted by molar-refractivity contribution is 5.61. The molecular formula is C15H17NO. The van der Waals surface area contributed by atoms with Gasteiger partial charge in [-0.05, 0) is 35.7 Å². The van der Waals surface area contributed by atoms with Crippen LogP contribution in [-0.2, 0) is 0 Å². The van der Waals surface area contributed by atoms with Gasteiger partial charge in [0, 0.05) is 17.4 Å². The fourth-order valence-corrected chi connectivity index (χ4v) is 1.70. The van der Waals surface area contributed by atoms with Gasteiger partial charge < -0.3 is 10.4 Å². The Bertz CT molecular complexity index is 489. The van der Waals surface area contributed by atoms with Crippen molar-refractivity contribution in [2.24, 2.45) is 0 Å². The lowest BCUT2D eigenvalue weighted by molar-refractivity contribution is 0.475. The van der Waals surface area contributed by atoms with Crippen LogP contribution >= 0.6 is 0 Å². The summed E-state index contributed by atoms with van der Waals surface area (Å²) in [5, 5.41) is 12.6. The molecule has 88 valence electrons. The molecule has 0 saturated carbocycles. The Labute approximate surface area is 102 Å². The minimum atomic E-state index is 0.272. The van der Waals surface area contributed by atoms with E-state index in [1.165, 1.54) is 5.56 Å². The molecule has 2 aromatic rings. The molecular weight excluding hydrogens is 210 g/mol. The summed E-state index contributed by atoms with van der Waals surface area (Å²) in [4.78, 5) is 0. The van der Waals surface area contributed by atoms with Crippen LogP contribution < -0.4 is 5.32 Å². The van der Waals surface area contributed by atoms with E-state index in [0.29, 0.717) is 5.92 Å².